The van der Waals surface area contributed by atoms with Gasteiger partial charge in [-0.2, -0.15) is 0 Å². The van der Waals surface area contributed by atoms with Gasteiger partial charge in [-0.25, -0.2) is 0 Å². The van der Waals surface area contributed by atoms with E-state index < -0.39 is 7.60 Å². The van der Waals surface area contributed by atoms with Crippen LogP contribution in [0.2, 0.25) is 0 Å². The summed E-state index contributed by atoms with van der Waals surface area (Å²) in [5.41, 5.74) is 0. The smallest absolute Gasteiger partial charge is 0.301 e. The number of hydrogen-bond donors (Lipinski definition) is 0. The van der Waals surface area contributed by atoms with Crippen molar-refractivity contribution in [3.63, 3.8) is 0 Å². The summed E-state index contributed by atoms with van der Waals surface area (Å²) < 4.78 is 21.0. The van der Waals surface area contributed by atoms with Crippen molar-refractivity contribution in [1.82, 2.24) is 0 Å². The van der Waals surface area contributed by atoms with E-state index in [1.807, 2.05) is 0 Å². The molecule has 56 valence electrons. The summed E-state index contributed by atoms with van der Waals surface area (Å²) in [5.74, 6) is 1.22. The van der Waals surface area contributed by atoms with E-state index in [0.29, 0.717) is 13.2 Å². The zero-order chi connectivity index (χ0) is 7.45. The predicted octanol–water partition coefficient (Wildman–Crippen LogP) is 1.93. The average Bonchev–Trinajstić information content (AvgIpc) is 2.15. The molecule has 0 amide bonds. The highest BCUT2D eigenvalue weighted by Crippen LogP contribution is 2.49. The first-order valence-corrected chi connectivity index (χ1v) is 4.55. The van der Waals surface area contributed by atoms with Gasteiger partial charge in [0.15, 0.2) is 0 Å². The van der Waals surface area contributed by atoms with Gasteiger partial charge in [-0.15, -0.1) is 0 Å². The lowest BCUT2D eigenvalue weighted by molar-refractivity contribution is 0.256. The van der Waals surface area contributed by atoms with E-state index in [0.717, 1.165) is 0 Å². The maximum Gasteiger partial charge on any atom is 0.354 e. The second-order valence-electron chi connectivity index (χ2n) is 1.79. The highest BCUT2D eigenvalue weighted by molar-refractivity contribution is 7.57. The molecular weight excluding hydrogens is 151 g/mol. The standard InChI is InChI=1S/C6H9O3P/c1-2-10(7)8-5-3-4-6-9-10/h2-4H,1,5-6H2. The molecule has 10 heavy (non-hydrogen) atoms. The zero-order valence-electron chi connectivity index (χ0n) is 5.53. The maximum absolute atomic E-state index is 11.2. The average molecular weight is 160 g/mol. The summed E-state index contributed by atoms with van der Waals surface area (Å²) in [6, 6.07) is 0. The Morgan fingerprint density at radius 3 is 2.30 bits per heavy atom. The topological polar surface area (TPSA) is 35.5 Å². The molecule has 1 aliphatic rings. The molecule has 0 atom stereocenters. The molecule has 0 radical (unpaired) electrons. The normalized spacial score (nSPS) is 23.6. The van der Waals surface area contributed by atoms with Gasteiger partial charge in [0.25, 0.3) is 0 Å². The van der Waals surface area contributed by atoms with Crippen molar-refractivity contribution in [2.24, 2.45) is 0 Å². The van der Waals surface area contributed by atoms with Crippen LogP contribution in [-0.4, -0.2) is 13.2 Å². The molecule has 1 heterocycles. The minimum absolute atomic E-state index is 0.337. The number of hydrogen-bond acceptors (Lipinski definition) is 3. The molecule has 0 saturated carbocycles. The Morgan fingerprint density at radius 1 is 1.40 bits per heavy atom. The van der Waals surface area contributed by atoms with Crippen molar-refractivity contribution in [1.29, 1.82) is 0 Å². The Hall–Kier alpha value is -0.370. The second-order valence-corrected chi connectivity index (χ2v) is 3.75. The van der Waals surface area contributed by atoms with Gasteiger partial charge in [0.1, 0.15) is 0 Å². The Balaban J connectivity index is 2.64. The molecule has 0 unspecified atom stereocenters. The third kappa shape index (κ3) is 1.81. The Kier molecular flexibility index (Phi) is 2.44. The third-order valence-corrected chi connectivity index (χ3v) is 2.56. The molecule has 3 nitrogen and oxygen atoms in total. The first-order valence-electron chi connectivity index (χ1n) is 2.94. The lowest BCUT2D eigenvalue weighted by Crippen LogP contribution is -1.88. The quantitative estimate of drug-likeness (QED) is 0.434. The van der Waals surface area contributed by atoms with Gasteiger partial charge in [-0.1, -0.05) is 18.7 Å². The van der Waals surface area contributed by atoms with Gasteiger partial charge in [-0.05, 0) is 0 Å². The molecule has 0 aliphatic carbocycles. The Morgan fingerprint density at radius 2 is 1.90 bits per heavy atom. The monoisotopic (exact) mass is 160 g/mol. The molecule has 1 rings (SSSR count). The summed E-state index contributed by atoms with van der Waals surface area (Å²) in [6.07, 6.45) is 3.53. The van der Waals surface area contributed by atoms with Crippen LogP contribution in [0.3, 0.4) is 0 Å². The van der Waals surface area contributed by atoms with E-state index in [-0.39, 0.29) is 0 Å². The van der Waals surface area contributed by atoms with Crippen LogP contribution in [0.1, 0.15) is 0 Å². The largest absolute Gasteiger partial charge is 0.354 e. The molecule has 1 aliphatic heterocycles. The molecule has 0 fully saturated rings. The summed E-state index contributed by atoms with van der Waals surface area (Å²) in [4.78, 5) is 0. The second kappa shape index (κ2) is 3.15. The third-order valence-electron chi connectivity index (χ3n) is 1.09. The van der Waals surface area contributed by atoms with E-state index >= 15 is 0 Å². The van der Waals surface area contributed by atoms with Crippen molar-refractivity contribution in [2.45, 2.75) is 0 Å². The van der Waals surface area contributed by atoms with E-state index in [1.54, 1.807) is 12.2 Å². The lowest BCUT2D eigenvalue weighted by Gasteiger charge is -2.09. The van der Waals surface area contributed by atoms with Crippen LogP contribution in [0.5, 0.6) is 0 Å². The van der Waals surface area contributed by atoms with Gasteiger partial charge in [0.05, 0.1) is 13.2 Å². The molecule has 0 aromatic heterocycles. The van der Waals surface area contributed by atoms with Gasteiger partial charge in [0.2, 0.25) is 0 Å². The maximum atomic E-state index is 11.2. The molecule has 0 spiro atoms. The fourth-order valence-electron chi connectivity index (χ4n) is 0.573. The molecule has 0 aromatic rings. The van der Waals surface area contributed by atoms with Gasteiger partial charge < -0.3 is 9.05 Å². The van der Waals surface area contributed by atoms with E-state index in [2.05, 4.69) is 6.58 Å². The first-order chi connectivity index (χ1) is 4.77. The van der Waals surface area contributed by atoms with Crippen molar-refractivity contribution < 1.29 is 13.6 Å². The highest BCUT2D eigenvalue weighted by atomic mass is 31.2. The van der Waals surface area contributed by atoms with Crippen LogP contribution < -0.4 is 0 Å². The van der Waals surface area contributed by atoms with Gasteiger partial charge in [-0.3, -0.25) is 4.57 Å². The fraction of sp³-hybridized carbons (Fsp3) is 0.333. The summed E-state index contributed by atoms with van der Waals surface area (Å²) in [7, 11) is -2.94. The summed E-state index contributed by atoms with van der Waals surface area (Å²) >= 11 is 0. The van der Waals surface area contributed by atoms with Crippen LogP contribution in [0.15, 0.2) is 24.5 Å². The molecule has 0 saturated heterocycles. The fourth-order valence-corrected chi connectivity index (χ4v) is 1.45. The minimum Gasteiger partial charge on any atom is -0.301 e. The van der Waals surface area contributed by atoms with Crippen LogP contribution in [0, 0.1) is 0 Å². The SMILES string of the molecule is C=CP1(=O)OCC=CCO1. The minimum atomic E-state index is -2.94. The lowest BCUT2D eigenvalue weighted by atomic mass is 10.5. The van der Waals surface area contributed by atoms with Crippen molar-refractivity contribution in [3.8, 4) is 0 Å². The molecule has 0 bridgehead atoms. The van der Waals surface area contributed by atoms with E-state index in [4.69, 9.17) is 9.05 Å². The summed E-state index contributed by atoms with van der Waals surface area (Å²) in [5, 5.41) is 0. The Bertz CT molecular complexity index is 183. The van der Waals surface area contributed by atoms with Crippen molar-refractivity contribution in [3.05, 3.63) is 24.5 Å². The summed E-state index contributed by atoms with van der Waals surface area (Å²) in [6.45, 7) is 4.03. The van der Waals surface area contributed by atoms with E-state index in [9.17, 15) is 4.57 Å². The first kappa shape index (κ1) is 7.73. The van der Waals surface area contributed by atoms with Gasteiger partial charge >= 0.3 is 7.60 Å². The van der Waals surface area contributed by atoms with Gasteiger partial charge in [0, 0.05) is 5.82 Å². The molecule has 0 N–H and O–H groups in total. The van der Waals surface area contributed by atoms with Crippen LogP contribution in [-0.2, 0) is 13.6 Å². The predicted molar refractivity (Wildman–Crippen MR) is 38.8 cm³/mol. The molecule has 4 heteroatoms. The number of rotatable bonds is 1. The zero-order valence-corrected chi connectivity index (χ0v) is 6.42. The molecule has 0 aromatic carbocycles. The van der Waals surface area contributed by atoms with Crippen LogP contribution in [0.4, 0.5) is 0 Å². The Labute approximate surface area is 59.9 Å². The van der Waals surface area contributed by atoms with Crippen LogP contribution >= 0.6 is 7.60 Å². The van der Waals surface area contributed by atoms with Crippen molar-refractivity contribution in [2.75, 3.05) is 13.2 Å². The van der Waals surface area contributed by atoms with Crippen molar-refractivity contribution >= 4 is 7.60 Å². The highest BCUT2D eigenvalue weighted by Gasteiger charge is 2.19. The molecular formula is C6H9O3P. The van der Waals surface area contributed by atoms with E-state index in [1.165, 1.54) is 5.82 Å². The van der Waals surface area contributed by atoms with Crippen LogP contribution in [0.25, 0.3) is 0 Å².